The molecule has 3 aromatic heterocycles. The van der Waals surface area contributed by atoms with Gasteiger partial charge in [-0.1, -0.05) is 6.07 Å². The Morgan fingerprint density at radius 2 is 1.82 bits per heavy atom. The molecule has 3 heterocycles. The van der Waals surface area contributed by atoms with E-state index in [-0.39, 0.29) is 0 Å². The monoisotopic (exact) mass is 288 g/mol. The SMILES string of the molecule is COc1ccnc2nccc(-c3ccc4ncncc4c3)c12. The number of aromatic nitrogens is 4. The predicted octanol–water partition coefficient (Wildman–Crippen LogP) is 3.25. The number of nitrogens with zero attached hydrogens (tertiary/aromatic N) is 4. The molecule has 5 heteroatoms. The van der Waals surface area contributed by atoms with E-state index in [0.29, 0.717) is 5.65 Å². The topological polar surface area (TPSA) is 60.8 Å². The fourth-order valence-corrected chi connectivity index (χ4v) is 2.61. The van der Waals surface area contributed by atoms with Crippen molar-refractivity contribution in [3.05, 3.63) is 55.2 Å². The second-order valence-electron chi connectivity index (χ2n) is 4.87. The molecule has 0 atom stereocenters. The highest BCUT2D eigenvalue weighted by atomic mass is 16.5. The van der Waals surface area contributed by atoms with E-state index in [1.165, 1.54) is 0 Å². The van der Waals surface area contributed by atoms with Gasteiger partial charge in [0, 0.05) is 24.0 Å². The van der Waals surface area contributed by atoms with Gasteiger partial charge in [0.1, 0.15) is 12.1 Å². The first-order chi connectivity index (χ1) is 10.9. The van der Waals surface area contributed by atoms with Crippen LogP contribution in [0.3, 0.4) is 0 Å². The molecule has 4 aromatic rings. The van der Waals surface area contributed by atoms with Crippen LogP contribution in [0.5, 0.6) is 5.75 Å². The van der Waals surface area contributed by atoms with Crippen molar-refractivity contribution in [2.75, 3.05) is 7.11 Å². The number of benzene rings is 1. The van der Waals surface area contributed by atoms with Gasteiger partial charge >= 0.3 is 0 Å². The zero-order chi connectivity index (χ0) is 14.9. The smallest absolute Gasteiger partial charge is 0.163 e. The van der Waals surface area contributed by atoms with Crippen LogP contribution >= 0.6 is 0 Å². The Balaban J connectivity index is 2.03. The molecule has 0 N–H and O–H groups in total. The highest BCUT2D eigenvalue weighted by Gasteiger charge is 2.11. The quantitative estimate of drug-likeness (QED) is 0.566. The third-order valence-corrected chi connectivity index (χ3v) is 3.64. The first-order valence-corrected chi connectivity index (χ1v) is 6.84. The number of ether oxygens (including phenoxy) is 1. The third kappa shape index (κ3) is 1.95. The lowest BCUT2D eigenvalue weighted by Crippen LogP contribution is -1.92. The van der Waals surface area contributed by atoms with E-state index in [9.17, 15) is 0 Å². The summed E-state index contributed by atoms with van der Waals surface area (Å²) in [5, 5.41) is 1.90. The molecular formula is C17H12N4O. The molecule has 0 aliphatic heterocycles. The molecule has 0 bridgehead atoms. The normalized spacial score (nSPS) is 11.0. The minimum absolute atomic E-state index is 0.668. The van der Waals surface area contributed by atoms with Crippen molar-refractivity contribution in [2.24, 2.45) is 0 Å². The molecule has 0 aliphatic rings. The molecule has 0 saturated heterocycles. The Bertz CT molecular complexity index is 979. The zero-order valence-electron chi connectivity index (χ0n) is 11.9. The Kier molecular flexibility index (Phi) is 2.89. The maximum atomic E-state index is 5.47. The highest BCUT2D eigenvalue weighted by molar-refractivity contribution is 5.98. The van der Waals surface area contributed by atoms with Crippen molar-refractivity contribution >= 4 is 21.9 Å². The minimum Gasteiger partial charge on any atom is -0.496 e. The number of rotatable bonds is 2. The van der Waals surface area contributed by atoms with Crippen molar-refractivity contribution in [3.63, 3.8) is 0 Å². The maximum absolute atomic E-state index is 5.47. The van der Waals surface area contributed by atoms with Crippen molar-refractivity contribution in [3.8, 4) is 16.9 Å². The number of hydrogen-bond acceptors (Lipinski definition) is 5. The fraction of sp³-hybridized carbons (Fsp3) is 0.0588. The summed E-state index contributed by atoms with van der Waals surface area (Å²) in [6.45, 7) is 0. The maximum Gasteiger partial charge on any atom is 0.163 e. The Hall–Kier alpha value is -3.08. The molecule has 22 heavy (non-hydrogen) atoms. The lowest BCUT2D eigenvalue weighted by Gasteiger charge is -2.10. The van der Waals surface area contributed by atoms with Crippen LogP contribution in [0.15, 0.2) is 55.2 Å². The summed E-state index contributed by atoms with van der Waals surface area (Å²) in [6, 6.07) is 9.91. The molecule has 5 nitrogen and oxygen atoms in total. The summed E-state index contributed by atoms with van der Waals surface area (Å²) in [5.74, 6) is 0.762. The van der Waals surface area contributed by atoms with E-state index in [1.807, 2.05) is 30.5 Å². The number of pyridine rings is 2. The molecule has 0 aliphatic carbocycles. The first kappa shape index (κ1) is 12.6. The van der Waals surface area contributed by atoms with Crippen LogP contribution in [0.25, 0.3) is 33.1 Å². The average molecular weight is 288 g/mol. The number of hydrogen-bond donors (Lipinski definition) is 0. The van der Waals surface area contributed by atoms with Gasteiger partial charge in [0.05, 0.1) is 18.0 Å². The van der Waals surface area contributed by atoms with Crippen LogP contribution in [0, 0.1) is 0 Å². The van der Waals surface area contributed by atoms with Gasteiger partial charge in [-0.3, -0.25) is 0 Å². The van der Waals surface area contributed by atoms with E-state index in [1.54, 1.807) is 25.8 Å². The molecular weight excluding hydrogens is 276 g/mol. The molecule has 0 amide bonds. The second-order valence-corrected chi connectivity index (χ2v) is 4.87. The highest BCUT2D eigenvalue weighted by Crippen LogP contribution is 2.34. The molecule has 1 aromatic carbocycles. The Morgan fingerprint density at radius 1 is 0.955 bits per heavy atom. The van der Waals surface area contributed by atoms with Crippen LogP contribution < -0.4 is 4.74 Å². The molecule has 0 fully saturated rings. The van der Waals surface area contributed by atoms with Crippen LogP contribution in [0.1, 0.15) is 0 Å². The molecule has 0 unspecified atom stereocenters. The van der Waals surface area contributed by atoms with Crippen molar-refractivity contribution in [1.29, 1.82) is 0 Å². The van der Waals surface area contributed by atoms with Crippen LogP contribution in [0.4, 0.5) is 0 Å². The number of methoxy groups -OCH3 is 1. The van der Waals surface area contributed by atoms with E-state index in [2.05, 4.69) is 26.0 Å². The fourth-order valence-electron chi connectivity index (χ4n) is 2.61. The van der Waals surface area contributed by atoms with Gasteiger partial charge in [0.2, 0.25) is 0 Å². The Labute approximate surface area is 126 Å². The van der Waals surface area contributed by atoms with Gasteiger partial charge in [0.15, 0.2) is 5.65 Å². The van der Waals surface area contributed by atoms with Gasteiger partial charge in [-0.25, -0.2) is 19.9 Å². The summed E-state index contributed by atoms with van der Waals surface area (Å²) < 4.78 is 5.47. The standard InChI is InChI=1S/C17H12N4O/c1-22-15-5-7-20-17-16(15)13(4-6-19-17)11-2-3-14-12(8-11)9-18-10-21-14/h2-10H,1H3. The third-order valence-electron chi connectivity index (χ3n) is 3.64. The van der Waals surface area contributed by atoms with Crippen LogP contribution in [0.2, 0.25) is 0 Å². The largest absolute Gasteiger partial charge is 0.496 e. The minimum atomic E-state index is 0.668. The van der Waals surface area contributed by atoms with E-state index in [0.717, 1.165) is 33.2 Å². The van der Waals surface area contributed by atoms with Gasteiger partial charge in [-0.15, -0.1) is 0 Å². The van der Waals surface area contributed by atoms with Crippen LogP contribution in [-0.2, 0) is 0 Å². The summed E-state index contributed by atoms with van der Waals surface area (Å²) >= 11 is 0. The first-order valence-electron chi connectivity index (χ1n) is 6.84. The van der Waals surface area contributed by atoms with Crippen LogP contribution in [-0.4, -0.2) is 27.0 Å². The van der Waals surface area contributed by atoms with Crippen molar-refractivity contribution < 1.29 is 4.74 Å². The molecule has 106 valence electrons. The lowest BCUT2D eigenvalue weighted by atomic mass is 10.0. The van der Waals surface area contributed by atoms with Gasteiger partial charge in [0.25, 0.3) is 0 Å². The predicted molar refractivity (Wildman–Crippen MR) is 84.6 cm³/mol. The summed E-state index contributed by atoms with van der Waals surface area (Å²) in [6.07, 6.45) is 6.82. The zero-order valence-corrected chi connectivity index (χ0v) is 11.9. The van der Waals surface area contributed by atoms with Gasteiger partial charge in [-0.2, -0.15) is 0 Å². The summed E-state index contributed by atoms with van der Waals surface area (Å²) in [7, 11) is 1.65. The average Bonchev–Trinajstić information content (AvgIpc) is 2.60. The van der Waals surface area contributed by atoms with Crippen molar-refractivity contribution in [2.45, 2.75) is 0 Å². The lowest BCUT2D eigenvalue weighted by molar-refractivity contribution is 0.419. The molecule has 0 saturated carbocycles. The number of fused-ring (bicyclic) bond motifs is 2. The molecule has 0 radical (unpaired) electrons. The van der Waals surface area contributed by atoms with E-state index >= 15 is 0 Å². The van der Waals surface area contributed by atoms with E-state index in [4.69, 9.17) is 4.74 Å². The van der Waals surface area contributed by atoms with Gasteiger partial charge in [-0.05, 0) is 35.4 Å². The van der Waals surface area contributed by atoms with Crippen molar-refractivity contribution in [1.82, 2.24) is 19.9 Å². The Morgan fingerprint density at radius 3 is 2.68 bits per heavy atom. The summed E-state index contributed by atoms with van der Waals surface area (Å²) in [4.78, 5) is 17.0. The molecule has 0 spiro atoms. The van der Waals surface area contributed by atoms with Gasteiger partial charge < -0.3 is 4.74 Å². The second kappa shape index (κ2) is 5.04. The summed E-state index contributed by atoms with van der Waals surface area (Å²) in [5.41, 5.74) is 3.67. The van der Waals surface area contributed by atoms with E-state index < -0.39 is 0 Å². The molecule has 4 rings (SSSR count).